The van der Waals surface area contributed by atoms with Crippen LogP contribution in [0.5, 0.6) is 0 Å². The number of thiophene rings is 1. The lowest BCUT2D eigenvalue weighted by Crippen LogP contribution is -2.16. The highest BCUT2D eigenvalue weighted by Crippen LogP contribution is 2.45. The maximum absolute atomic E-state index is 12.7. The zero-order valence-electron chi connectivity index (χ0n) is 16.5. The SMILES string of the molecule is CCOC(=O)c1c(NC(=O)CCSc2ncccn2)sc2c1CCc1ccccc1-2. The molecular formula is C22H21N3O3S2. The summed E-state index contributed by atoms with van der Waals surface area (Å²) >= 11 is 2.88. The van der Waals surface area contributed by atoms with Crippen LogP contribution in [-0.2, 0) is 22.4 Å². The van der Waals surface area contributed by atoms with Crippen molar-refractivity contribution in [2.45, 2.75) is 31.3 Å². The van der Waals surface area contributed by atoms with Gasteiger partial charge in [-0.25, -0.2) is 14.8 Å². The predicted molar refractivity (Wildman–Crippen MR) is 119 cm³/mol. The number of amides is 1. The summed E-state index contributed by atoms with van der Waals surface area (Å²) in [6, 6.07) is 9.97. The van der Waals surface area contributed by atoms with Gasteiger partial charge in [0.2, 0.25) is 5.91 Å². The van der Waals surface area contributed by atoms with E-state index < -0.39 is 0 Å². The molecule has 0 aliphatic heterocycles. The van der Waals surface area contributed by atoms with Crippen molar-refractivity contribution in [3.8, 4) is 10.4 Å². The Labute approximate surface area is 183 Å². The molecule has 154 valence electrons. The quantitative estimate of drug-likeness (QED) is 0.329. The van der Waals surface area contributed by atoms with Gasteiger partial charge < -0.3 is 10.1 Å². The fraction of sp³-hybridized carbons (Fsp3) is 0.273. The van der Waals surface area contributed by atoms with Gasteiger partial charge in [0, 0.05) is 29.4 Å². The summed E-state index contributed by atoms with van der Waals surface area (Å²) in [5, 5.41) is 4.16. The minimum absolute atomic E-state index is 0.143. The molecule has 1 aliphatic rings. The van der Waals surface area contributed by atoms with E-state index in [-0.39, 0.29) is 11.9 Å². The fourth-order valence-corrected chi connectivity index (χ4v) is 5.49. The van der Waals surface area contributed by atoms with E-state index in [1.54, 1.807) is 25.4 Å². The van der Waals surface area contributed by atoms with Crippen LogP contribution >= 0.6 is 23.1 Å². The van der Waals surface area contributed by atoms with E-state index in [1.807, 2.05) is 12.1 Å². The smallest absolute Gasteiger partial charge is 0.341 e. The Morgan fingerprint density at radius 1 is 1.17 bits per heavy atom. The lowest BCUT2D eigenvalue weighted by Gasteiger charge is -2.16. The second-order valence-electron chi connectivity index (χ2n) is 6.67. The van der Waals surface area contributed by atoms with E-state index in [9.17, 15) is 9.59 Å². The van der Waals surface area contributed by atoms with E-state index in [1.165, 1.54) is 28.7 Å². The van der Waals surface area contributed by atoms with E-state index in [4.69, 9.17) is 4.74 Å². The maximum atomic E-state index is 12.7. The Bertz CT molecular complexity index is 1070. The molecule has 1 N–H and O–H groups in total. The highest BCUT2D eigenvalue weighted by molar-refractivity contribution is 7.99. The third-order valence-electron chi connectivity index (χ3n) is 4.75. The number of anilines is 1. The number of hydrogen-bond acceptors (Lipinski definition) is 7. The van der Waals surface area contributed by atoms with Crippen molar-refractivity contribution >= 4 is 40.0 Å². The molecule has 3 aromatic rings. The van der Waals surface area contributed by atoms with Crippen molar-refractivity contribution in [3.05, 3.63) is 59.4 Å². The molecule has 2 heterocycles. The molecule has 2 aromatic heterocycles. The highest BCUT2D eigenvalue weighted by atomic mass is 32.2. The Morgan fingerprint density at radius 2 is 1.97 bits per heavy atom. The first-order chi connectivity index (χ1) is 14.7. The molecule has 0 saturated heterocycles. The molecule has 0 fully saturated rings. The van der Waals surface area contributed by atoms with Crippen LogP contribution in [-0.4, -0.2) is 34.2 Å². The predicted octanol–water partition coefficient (Wildman–Crippen LogP) is 4.60. The summed E-state index contributed by atoms with van der Waals surface area (Å²) in [7, 11) is 0. The van der Waals surface area contributed by atoms with Crippen molar-refractivity contribution in [1.82, 2.24) is 9.97 Å². The lowest BCUT2D eigenvalue weighted by atomic mass is 9.89. The summed E-state index contributed by atoms with van der Waals surface area (Å²) in [5.41, 5.74) is 3.86. The normalized spacial score (nSPS) is 12.0. The van der Waals surface area contributed by atoms with Gasteiger partial charge in [0.05, 0.1) is 12.2 Å². The zero-order chi connectivity index (χ0) is 20.9. The van der Waals surface area contributed by atoms with Gasteiger partial charge in [-0.3, -0.25) is 4.79 Å². The average Bonchev–Trinajstić information content (AvgIpc) is 3.13. The van der Waals surface area contributed by atoms with Crippen LogP contribution in [0.2, 0.25) is 0 Å². The van der Waals surface area contributed by atoms with Crippen LogP contribution in [0.3, 0.4) is 0 Å². The zero-order valence-corrected chi connectivity index (χ0v) is 18.1. The molecule has 0 bridgehead atoms. The van der Waals surface area contributed by atoms with Gasteiger partial charge in [-0.1, -0.05) is 36.0 Å². The van der Waals surface area contributed by atoms with Crippen LogP contribution in [0.4, 0.5) is 5.00 Å². The van der Waals surface area contributed by atoms with Crippen LogP contribution in [0, 0.1) is 0 Å². The lowest BCUT2D eigenvalue weighted by molar-refractivity contribution is -0.115. The Balaban J connectivity index is 1.54. The molecule has 6 nitrogen and oxygen atoms in total. The van der Waals surface area contributed by atoms with Gasteiger partial charge in [-0.15, -0.1) is 11.3 Å². The fourth-order valence-electron chi connectivity index (χ4n) is 3.43. The average molecular weight is 440 g/mol. The summed E-state index contributed by atoms with van der Waals surface area (Å²) in [5.74, 6) is 0.0333. The number of benzene rings is 1. The van der Waals surface area contributed by atoms with Crippen molar-refractivity contribution in [3.63, 3.8) is 0 Å². The number of nitrogens with zero attached hydrogens (tertiary/aromatic N) is 2. The Hall–Kier alpha value is -2.71. The van der Waals surface area contributed by atoms with Gasteiger partial charge in [-0.2, -0.15) is 0 Å². The minimum atomic E-state index is -0.378. The summed E-state index contributed by atoms with van der Waals surface area (Å²) < 4.78 is 5.30. The minimum Gasteiger partial charge on any atom is -0.462 e. The van der Waals surface area contributed by atoms with Gasteiger partial charge in [0.25, 0.3) is 0 Å². The first kappa shape index (κ1) is 20.6. The Morgan fingerprint density at radius 3 is 2.77 bits per heavy atom. The van der Waals surface area contributed by atoms with Gasteiger partial charge in [-0.05, 0) is 42.5 Å². The maximum Gasteiger partial charge on any atom is 0.341 e. The number of rotatable bonds is 7. The topological polar surface area (TPSA) is 81.2 Å². The number of aromatic nitrogens is 2. The molecule has 1 aromatic carbocycles. The molecule has 1 aliphatic carbocycles. The standard InChI is InChI=1S/C22H21N3O3S2/c1-2-28-21(27)18-16-9-8-14-6-3-4-7-15(14)19(16)30-20(18)25-17(26)10-13-29-22-23-11-5-12-24-22/h3-7,11-12H,2,8-10,13H2,1H3,(H,25,26). The second-order valence-corrected chi connectivity index (χ2v) is 8.75. The highest BCUT2D eigenvalue weighted by Gasteiger charge is 2.29. The van der Waals surface area contributed by atoms with E-state index in [0.29, 0.717) is 34.5 Å². The number of hydrogen-bond donors (Lipinski definition) is 1. The molecule has 0 saturated carbocycles. The number of fused-ring (bicyclic) bond motifs is 3. The third kappa shape index (κ3) is 4.39. The molecule has 0 spiro atoms. The van der Waals surface area contributed by atoms with Gasteiger partial charge in [0.15, 0.2) is 5.16 Å². The number of carbonyl (C=O) groups is 2. The molecule has 30 heavy (non-hydrogen) atoms. The van der Waals surface area contributed by atoms with Crippen molar-refractivity contribution in [2.75, 3.05) is 17.7 Å². The summed E-state index contributed by atoms with van der Waals surface area (Å²) in [6.07, 6.45) is 5.27. The molecule has 1 amide bonds. The third-order valence-corrected chi connectivity index (χ3v) is 6.81. The van der Waals surface area contributed by atoms with E-state index >= 15 is 0 Å². The molecule has 0 atom stereocenters. The van der Waals surface area contributed by atoms with Gasteiger partial charge in [0.1, 0.15) is 5.00 Å². The number of thioether (sulfide) groups is 1. The number of nitrogens with one attached hydrogen (secondary N) is 1. The second kappa shape index (κ2) is 9.40. The van der Waals surface area contributed by atoms with Crippen molar-refractivity contribution in [2.24, 2.45) is 0 Å². The van der Waals surface area contributed by atoms with Crippen molar-refractivity contribution in [1.29, 1.82) is 0 Å². The van der Waals surface area contributed by atoms with Gasteiger partial charge >= 0.3 is 5.97 Å². The molecule has 8 heteroatoms. The van der Waals surface area contributed by atoms with Crippen LogP contribution < -0.4 is 5.32 Å². The number of ether oxygens (including phenoxy) is 1. The monoisotopic (exact) mass is 439 g/mol. The van der Waals surface area contributed by atoms with Crippen molar-refractivity contribution < 1.29 is 14.3 Å². The number of carbonyl (C=O) groups excluding carboxylic acids is 2. The van der Waals surface area contributed by atoms with Crippen LogP contribution in [0.1, 0.15) is 34.8 Å². The van der Waals surface area contributed by atoms with Crippen LogP contribution in [0.25, 0.3) is 10.4 Å². The Kier molecular flexibility index (Phi) is 6.44. The van der Waals surface area contributed by atoms with E-state index in [2.05, 4.69) is 27.4 Å². The summed E-state index contributed by atoms with van der Waals surface area (Å²) in [6.45, 7) is 2.08. The number of aryl methyl sites for hydroxylation is 1. The van der Waals surface area contributed by atoms with E-state index in [0.717, 1.165) is 28.8 Å². The summed E-state index contributed by atoms with van der Waals surface area (Å²) in [4.78, 5) is 34.6. The molecule has 0 unspecified atom stereocenters. The first-order valence-electron chi connectivity index (χ1n) is 9.78. The molecular weight excluding hydrogens is 418 g/mol. The van der Waals surface area contributed by atoms with Crippen LogP contribution in [0.15, 0.2) is 47.9 Å². The number of esters is 1. The molecule has 4 rings (SSSR count). The first-order valence-corrected chi connectivity index (χ1v) is 11.6. The largest absolute Gasteiger partial charge is 0.462 e. The molecule has 0 radical (unpaired) electrons.